The molecule has 1 heterocycles. The average molecular weight is 423 g/mol. The van der Waals surface area contributed by atoms with Crippen molar-refractivity contribution >= 4 is 46.6 Å². The van der Waals surface area contributed by atoms with Crippen LogP contribution in [0.4, 0.5) is 5.69 Å². The fourth-order valence-corrected chi connectivity index (χ4v) is 4.90. The van der Waals surface area contributed by atoms with Crippen LogP contribution >= 0.6 is 35.0 Å². The van der Waals surface area contributed by atoms with Crippen LogP contribution in [0.1, 0.15) is 24.0 Å². The summed E-state index contributed by atoms with van der Waals surface area (Å²) in [6, 6.07) is 14.1. The largest absolute Gasteiger partial charge is 0.371 e. The number of halogens is 2. The maximum Gasteiger partial charge on any atom is 0.230 e. The first-order valence-electron chi connectivity index (χ1n) is 9.25. The van der Waals surface area contributed by atoms with Crippen LogP contribution in [0.3, 0.4) is 0 Å². The summed E-state index contributed by atoms with van der Waals surface area (Å²) in [6.07, 6.45) is 3.31. The number of aryl methyl sites for hydroxylation is 1. The van der Waals surface area contributed by atoms with Crippen molar-refractivity contribution in [1.82, 2.24) is 5.32 Å². The fourth-order valence-electron chi connectivity index (χ4n) is 3.31. The molecule has 0 atom stereocenters. The number of hydrogen-bond donors (Lipinski definition) is 1. The zero-order valence-corrected chi connectivity index (χ0v) is 17.5. The summed E-state index contributed by atoms with van der Waals surface area (Å²) in [6.45, 7) is 2.77. The van der Waals surface area contributed by atoms with E-state index in [0.29, 0.717) is 28.1 Å². The van der Waals surface area contributed by atoms with Gasteiger partial charge in [0, 0.05) is 41.1 Å². The summed E-state index contributed by atoms with van der Waals surface area (Å²) in [5.41, 5.74) is 3.67. The van der Waals surface area contributed by atoms with E-state index in [0.717, 1.165) is 31.5 Å². The summed E-state index contributed by atoms with van der Waals surface area (Å²) >= 11 is 13.8. The molecule has 3 rings (SSSR count). The van der Waals surface area contributed by atoms with Gasteiger partial charge in [0.25, 0.3) is 0 Å². The van der Waals surface area contributed by atoms with E-state index in [1.54, 1.807) is 0 Å². The van der Waals surface area contributed by atoms with Gasteiger partial charge in [-0.2, -0.15) is 0 Å². The minimum absolute atomic E-state index is 0.0576. The maximum absolute atomic E-state index is 12.0. The highest BCUT2D eigenvalue weighted by Gasteiger charge is 2.15. The van der Waals surface area contributed by atoms with Gasteiger partial charge in [-0.25, -0.2) is 0 Å². The van der Waals surface area contributed by atoms with E-state index in [1.807, 2.05) is 18.2 Å². The lowest BCUT2D eigenvalue weighted by atomic mass is 10.0. The van der Waals surface area contributed by atoms with Crippen LogP contribution in [0, 0.1) is 0 Å². The molecule has 0 saturated heterocycles. The van der Waals surface area contributed by atoms with Gasteiger partial charge >= 0.3 is 0 Å². The summed E-state index contributed by atoms with van der Waals surface area (Å²) in [5.74, 6) is 1.10. The van der Waals surface area contributed by atoms with Gasteiger partial charge in [-0.05, 0) is 48.6 Å². The van der Waals surface area contributed by atoms with Gasteiger partial charge in [0.05, 0.1) is 5.75 Å². The molecule has 0 unspecified atom stereocenters. The Morgan fingerprint density at radius 1 is 1.11 bits per heavy atom. The predicted octanol–water partition coefficient (Wildman–Crippen LogP) is 5.19. The molecule has 0 saturated carbocycles. The van der Waals surface area contributed by atoms with E-state index in [9.17, 15) is 4.79 Å². The van der Waals surface area contributed by atoms with E-state index in [1.165, 1.54) is 29.4 Å². The van der Waals surface area contributed by atoms with E-state index >= 15 is 0 Å². The number of thioether (sulfide) groups is 1. The highest BCUT2D eigenvalue weighted by Crippen LogP contribution is 2.28. The van der Waals surface area contributed by atoms with Crippen molar-refractivity contribution in [3.05, 3.63) is 63.6 Å². The lowest BCUT2D eigenvalue weighted by Gasteiger charge is -2.31. The minimum atomic E-state index is 0.0576. The molecule has 27 heavy (non-hydrogen) atoms. The SMILES string of the molecule is O=C(CSCc1c(Cl)cccc1Cl)NCCCN1CCCc2ccccc21. The smallest absolute Gasteiger partial charge is 0.230 e. The summed E-state index contributed by atoms with van der Waals surface area (Å²) in [4.78, 5) is 14.5. The number of carbonyl (C=O) groups excluding carboxylic acids is 1. The number of anilines is 1. The van der Waals surface area contributed by atoms with Crippen LogP contribution < -0.4 is 10.2 Å². The second kappa shape index (κ2) is 10.3. The molecular weight excluding hydrogens is 399 g/mol. The van der Waals surface area contributed by atoms with Gasteiger partial charge in [0.2, 0.25) is 5.91 Å². The Morgan fingerprint density at radius 2 is 1.89 bits per heavy atom. The van der Waals surface area contributed by atoms with Crippen molar-refractivity contribution in [2.75, 3.05) is 30.3 Å². The van der Waals surface area contributed by atoms with Gasteiger partial charge < -0.3 is 10.2 Å². The normalized spacial score (nSPS) is 13.3. The van der Waals surface area contributed by atoms with Crippen molar-refractivity contribution in [1.29, 1.82) is 0 Å². The lowest BCUT2D eigenvalue weighted by Crippen LogP contribution is -2.33. The highest BCUT2D eigenvalue weighted by molar-refractivity contribution is 7.99. The number of benzene rings is 2. The van der Waals surface area contributed by atoms with E-state index in [4.69, 9.17) is 23.2 Å². The Hall–Kier alpha value is -1.36. The Labute approximate surface area is 175 Å². The van der Waals surface area contributed by atoms with Gasteiger partial charge in [0.1, 0.15) is 0 Å². The van der Waals surface area contributed by atoms with E-state index < -0.39 is 0 Å². The molecule has 0 spiro atoms. The monoisotopic (exact) mass is 422 g/mol. The molecule has 1 aliphatic heterocycles. The molecule has 1 amide bonds. The first-order valence-corrected chi connectivity index (χ1v) is 11.2. The first-order chi connectivity index (χ1) is 13.1. The van der Waals surface area contributed by atoms with Crippen molar-refractivity contribution in [3.63, 3.8) is 0 Å². The van der Waals surface area contributed by atoms with Gasteiger partial charge in [-0.3, -0.25) is 4.79 Å². The number of hydrogen-bond acceptors (Lipinski definition) is 3. The molecule has 0 radical (unpaired) electrons. The predicted molar refractivity (Wildman–Crippen MR) is 117 cm³/mol. The number of fused-ring (bicyclic) bond motifs is 1. The number of amides is 1. The second-order valence-electron chi connectivity index (χ2n) is 6.62. The number of nitrogens with one attached hydrogen (secondary N) is 1. The van der Waals surface area contributed by atoms with Crippen LogP contribution in [0.15, 0.2) is 42.5 Å². The molecule has 2 aromatic carbocycles. The number of para-hydroxylation sites is 1. The van der Waals surface area contributed by atoms with Gasteiger partial charge in [-0.15, -0.1) is 11.8 Å². The Morgan fingerprint density at radius 3 is 2.70 bits per heavy atom. The maximum atomic E-state index is 12.0. The Balaban J connectivity index is 1.35. The van der Waals surface area contributed by atoms with Crippen LogP contribution in [-0.2, 0) is 17.0 Å². The molecule has 2 aromatic rings. The first kappa shape index (κ1) is 20.4. The third kappa shape index (κ3) is 5.81. The van der Waals surface area contributed by atoms with Gasteiger partial charge in [0.15, 0.2) is 0 Å². The number of nitrogens with zero attached hydrogens (tertiary/aromatic N) is 1. The second-order valence-corrected chi connectivity index (χ2v) is 8.42. The third-order valence-electron chi connectivity index (χ3n) is 4.67. The molecular formula is C21H24Cl2N2OS. The third-order valence-corrected chi connectivity index (χ3v) is 6.34. The van der Waals surface area contributed by atoms with E-state index in [-0.39, 0.29) is 5.91 Å². The molecule has 0 bridgehead atoms. The van der Waals surface area contributed by atoms with E-state index in [2.05, 4.69) is 34.5 Å². The summed E-state index contributed by atoms with van der Waals surface area (Å²) < 4.78 is 0. The topological polar surface area (TPSA) is 32.3 Å². The zero-order chi connectivity index (χ0) is 19.1. The van der Waals surface area contributed by atoms with Crippen LogP contribution in [-0.4, -0.2) is 31.3 Å². The molecule has 1 aliphatic rings. The number of carbonyl (C=O) groups is 1. The molecule has 0 fully saturated rings. The molecule has 3 nitrogen and oxygen atoms in total. The van der Waals surface area contributed by atoms with Gasteiger partial charge in [-0.1, -0.05) is 47.5 Å². The molecule has 0 aromatic heterocycles. The molecule has 144 valence electrons. The minimum Gasteiger partial charge on any atom is -0.371 e. The van der Waals surface area contributed by atoms with Crippen molar-refractivity contribution in [3.8, 4) is 0 Å². The van der Waals surface area contributed by atoms with Crippen LogP contribution in [0.5, 0.6) is 0 Å². The fraction of sp³-hybridized carbons (Fsp3) is 0.381. The number of rotatable bonds is 8. The highest BCUT2D eigenvalue weighted by atomic mass is 35.5. The van der Waals surface area contributed by atoms with Crippen molar-refractivity contribution < 1.29 is 4.79 Å². The van der Waals surface area contributed by atoms with Crippen molar-refractivity contribution in [2.24, 2.45) is 0 Å². The Kier molecular flexibility index (Phi) is 7.74. The molecule has 0 aliphatic carbocycles. The van der Waals surface area contributed by atoms with Crippen LogP contribution in [0.25, 0.3) is 0 Å². The zero-order valence-electron chi connectivity index (χ0n) is 15.2. The summed E-state index contributed by atoms with van der Waals surface area (Å²) in [5, 5.41) is 4.31. The standard InChI is InChI=1S/C21H24Cl2N2OS/c22-18-8-3-9-19(23)17(18)14-27-15-21(26)24-11-5-13-25-12-4-7-16-6-1-2-10-20(16)25/h1-3,6,8-10H,4-5,7,11-15H2,(H,24,26). The summed E-state index contributed by atoms with van der Waals surface area (Å²) in [7, 11) is 0. The van der Waals surface area contributed by atoms with Crippen LogP contribution in [0.2, 0.25) is 10.0 Å². The van der Waals surface area contributed by atoms with Crippen molar-refractivity contribution in [2.45, 2.75) is 25.0 Å². The molecule has 1 N–H and O–H groups in total. The molecule has 6 heteroatoms. The lowest BCUT2D eigenvalue weighted by molar-refractivity contribution is -0.118. The Bertz CT molecular complexity index is 764. The average Bonchev–Trinajstić information content (AvgIpc) is 2.67. The quantitative estimate of drug-likeness (QED) is 0.594.